The molecule has 2 aromatic carbocycles. The zero-order valence-corrected chi connectivity index (χ0v) is 20.2. The first kappa shape index (κ1) is 25.2. The van der Waals surface area contributed by atoms with Crippen LogP contribution >= 0.6 is 0 Å². The predicted octanol–water partition coefficient (Wildman–Crippen LogP) is 4.80. The number of ether oxygens (including phenoxy) is 1. The third kappa shape index (κ3) is 6.35. The van der Waals surface area contributed by atoms with Gasteiger partial charge in [0.15, 0.2) is 11.5 Å². The van der Waals surface area contributed by atoms with E-state index in [4.69, 9.17) is 4.74 Å². The lowest BCUT2D eigenvalue weighted by molar-refractivity contribution is -0.129. The van der Waals surface area contributed by atoms with Crippen molar-refractivity contribution in [2.45, 2.75) is 32.2 Å². The quantitative estimate of drug-likeness (QED) is 0.363. The van der Waals surface area contributed by atoms with E-state index in [-0.39, 0.29) is 11.4 Å². The number of likely N-dealkylation sites (N-methyl/N-ethyl adjacent to an activating group) is 1. The van der Waals surface area contributed by atoms with E-state index < -0.39 is 17.7 Å². The Hall–Kier alpha value is -3.38. The highest BCUT2D eigenvalue weighted by molar-refractivity contribution is 6.14. The molecule has 0 spiro atoms. The molecule has 1 unspecified atom stereocenters. The minimum atomic E-state index is -0.658. The van der Waals surface area contributed by atoms with Crippen LogP contribution < -0.4 is 4.74 Å². The molecule has 1 aliphatic rings. The molecular weight excluding hydrogens is 428 g/mol. The molecule has 1 atom stereocenters. The van der Waals surface area contributed by atoms with Gasteiger partial charge in [0.1, 0.15) is 5.75 Å². The summed E-state index contributed by atoms with van der Waals surface area (Å²) in [6.07, 6.45) is 6.36. The lowest BCUT2D eigenvalue weighted by Crippen LogP contribution is -2.36. The smallest absolute Gasteiger partial charge is 0.290 e. The topological polar surface area (TPSA) is 70.1 Å². The number of carbonyl (C=O) groups excluding carboxylic acids is 2. The molecule has 34 heavy (non-hydrogen) atoms. The number of carbonyl (C=O) groups is 2. The van der Waals surface area contributed by atoms with Gasteiger partial charge in [0.2, 0.25) is 0 Å². The van der Waals surface area contributed by atoms with Gasteiger partial charge in [0.05, 0.1) is 18.2 Å². The lowest BCUT2D eigenvalue weighted by atomic mass is 9.95. The summed E-state index contributed by atoms with van der Waals surface area (Å²) in [6.45, 7) is 3.79. The highest BCUT2D eigenvalue weighted by atomic mass is 16.5. The second kappa shape index (κ2) is 12.2. The van der Waals surface area contributed by atoms with Gasteiger partial charge in [0, 0.05) is 13.1 Å². The van der Waals surface area contributed by atoms with Crippen LogP contribution in [0.3, 0.4) is 0 Å². The minimum absolute atomic E-state index is 0.104. The number of unbranched alkanes of at least 4 members (excludes halogenated alkanes) is 2. The van der Waals surface area contributed by atoms with Crippen LogP contribution in [0.25, 0.3) is 6.08 Å². The van der Waals surface area contributed by atoms with Gasteiger partial charge in [-0.3, -0.25) is 9.59 Å². The fourth-order valence-electron chi connectivity index (χ4n) is 3.90. The highest BCUT2D eigenvalue weighted by Crippen LogP contribution is 2.38. The molecule has 1 amide bonds. The van der Waals surface area contributed by atoms with E-state index in [0.717, 1.165) is 36.1 Å². The minimum Gasteiger partial charge on any atom is -0.503 e. The van der Waals surface area contributed by atoms with Crippen LogP contribution in [0.2, 0.25) is 0 Å². The first-order chi connectivity index (χ1) is 16.4. The number of hydrogen-bond acceptors (Lipinski definition) is 5. The number of amides is 1. The Bertz CT molecular complexity index is 1030. The molecule has 0 fully saturated rings. The van der Waals surface area contributed by atoms with Crippen molar-refractivity contribution in [2.24, 2.45) is 0 Å². The number of rotatable bonds is 12. The van der Waals surface area contributed by atoms with Gasteiger partial charge in [-0.15, -0.1) is 0 Å². The molecule has 0 saturated carbocycles. The summed E-state index contributed by atoms with van der Waals surface area (Å²) in [7, 11) is 3.84. The van der Waals surface area contributed by atoms with Crippen molar-refractivity contribution in [3.8, 4) is 5.75 Å². The highest BCUT2D eigenvalue weighted by Gasteiger charge is 2.42. The van der Waals surface area contributed by atoms with E-state index in [2.05, 4.69) is 6.92 Å². The molecule has 1 aliphatic heterocycles. The predicted molar refractivity (Wildman–Crippen MR) is 135 cm³/mol. The monoisotopic (exact) mass is 462 g/mol. The molecule has 6 nitrogen and oxygen atoms in total. The van der Waals surface area contributed by atoms with E-state index in [0.29, 0.717) is 19.7 Å². The number of allylic oxidation sites excluding steroid dienone is 1. The molecule has 1 heterocycles. The Morgan fingerprint density at radius 3 is 2.44 bits per heavy atom. The Labute approximate surface area is 202 Å². The maximum absolute atomic E-state index is 13.2. The van der Waals surface area contributed by atoms with Gasteiger partial charge < -0.3 is 19.6 Å². The van der Waals surface area contributed by atoms with E-state index >= 15 is 0 Å². The van der Waals surface area contributed by atoms with Crippen molar-refractivity contribution in [1.82, 2.24) is 9.80 Å². The van der Waals surface area contributed by atoms with Crippen molar-refractivity contribution < 1.29 is 19.4 Å². The summed E-state index contributed by atoms with van der Waals surface area (Å²) in [5, 5.41) is 10.7. The lowest BCUT2D eigenvalue weighted by Gasteiger charge is -2.28. The molecule has 0 aliphatic carbocycles. The number of nitrogens with zero attached hydrogens (tertiary/aromatic N) is 2. The van der Waals surface area contributed by atoms with Crippen LogP contribution in [-0.4, -0.2) is 60.4 Å². The average Bonchev–Trinajstić information content (AvgIpc) is 3.10. The normalized spacial score (nSPS) is 16.2. The van der Waals surface area contributed by atoms with Crippen LogP contribution in [0.5, 0.6) is 5.75 Å². The van der Waals surface area contributed by atoms with Gasteiger partial charge in [-0.05, 0) is 49.9 Å². The summed E-state index contributed by atoms with van der Waals surface area (Å²) in [5.74, 6) is -0.643. The molecule has 0 aromatic heterocycles. The van der Waals surface area contributed by atoms with Crippen molar-refractivity contribution >= 4 is 17.8 Å². The van der Waals surface area contributed by atoms with Crippen LogP contribution in [0.15, 0.2) is 72.0 Å². The number of benzene rings is 2. The molecule has 0 bridgehead atoms. The van der Waals surface area contributed by atoms with Gasteiger partial charge in [-0.25, -0.2) is 0 Å². The number of aliphatic hydroxyl groups is 1. The summed E-state index contributed by atoms with van der Waals surface area (Å²) in [4.78, 5) is 29.7. The first-order valence-corrected chi connectivity index (χ1v) is 11.8. The van der Waals surface area contributed by atoms with E-state index in [9.17, 15) is 14.7 Å². The molecule has 0 saturated heterocycles. The maximum Gasteiger partial charge on any atom is 0.290 e. The van der Waals surface area contributed by atoms with Crippen molar-refractivity contribution in [3.63, 3.8) is 0 Å². The summed E-state index contributed by atoms with van der Waals surface area (Å²) in [5.41, 5.74) is 1.73. The Kier molecular flexibility index (Phi) is 9.05. The second-order valence-corrected chi connectivity index (χ2v) is 8.70. The molecule has 180 valence electrons. The van der Waals surface area contributed by atoms with E-state index in [1.54, 1.807) is 11.0 Å². The molecular formula is C28H34N2O4. The number of aliphatic hydroxyl groups excluding tert-OH is 1. The fourth-order valence-corrected chi connectivity index (χ4v) is 3.90. The van der Waals surface area contributed by atoms with Gasteiger partial charge in [-0.1, -0.05) is 68.3 Å². The van der Waals surface area contributed by atoms with Crippen LogP contribution in [-0.2, 0) is 9.59 Å². The molecule has 6 heteroatoms. The van der Waals surface area contributed by atoms with Crippen LogP contribution in [0.4, 0.5) is 0 Å². The van der Waals surface area contributed by atoms with Crippen molar-refractivity contribution in [3.05, 3.63) is 83.1 Å². The van der Waals surface area contributed by atoms with Gasteiger partial charge >= 0.3 is 0 Å². The molecule has 3 rings (SSSR count). The van der Waals surface area contributed by atoms with Crippen LogP contribution in [0, 0.1) is 0 Å². The fraction of sp³-hybridized carbons (Fsp3) is 0.357. The second-order valence-electron chi connectivity index (χ2n) is 8.70. The zero-order valence-electron chi connectivity index (χ0n) is 20.2. The summed E-state index contributed by atoms with van der Waals surface area (Å²) >= 11 is 0. The van der Waals surface area contributed by atoms with E-state index in [1.807, 2.05) is 73.6 Å². The van der Waals surface area contributed by atoms with Crippen molar-refractivity contribution in [1.29, 1.82) is 0 Å². The Morgan fingerprint density at radius 2 is 1.79 bits per heavy atom. The zero-order chi connectivity index (χ0) is 24.5. The summed E-state index contributed by atoms with van der Waals surface area (Å²) in [6, 6.07) is 16.2. The average molecular weight is 463 g/mol. The largest absolute Gasteiger partial charge is 0.503 e. The Morgan fingerprint density at radius 1 is 1.09 bits per heavy atom. The van der Waals surface area contributed by atoms with Crippen molar-refractivity contribution in [2.75, 3.05) is 33.8 Å². The first-order valence-electron chi connectivity index (χ1n) is 11.8. The van der Waals surface area contributed by atoms with Crippen LogP contribution in [0.1, 0.15) is 43.4 Å². The van der Waals surface area contributed by atoms with E-state index in [1.165, 1.54) is 6.08 Å². The molecule has 2 aromatic rings. The third-order valence-corrected chi connectivity index (χ3v) is 5.80. The Balaban J connectivity index is 1.87. The van der Waals surface area contributed by atoms with Gasteiger partial charge in [0.25, 0.3) is 5.91 Å². The third-order valence-electron chi connectivity index (χ3n) is 5.80. The maximum atomic E-state index is 13.2. The molecule has 1 N–H and O–H groups in total. The SMILES string of the molecule is CCCCCOc1ccc(C2C(C(=O)C=Cc3ccccc3)=C(O)C(=O)N2CCN(C)C)cc1. The molecule has 0 radical (unpaired) electrons. The number of hydrogen-bond donors (Lipinski definition) is 1. The van der Waals surface area contributed by atoms with Gasteiger partial charge in [-0.2, -0.15) is 0 Å². The number of ketones is 1. The standard InChI is InChI=1S/C28H34N2O4/c1-4-5-9-20-34-23-15-13-22(14-16-23)26-25(24(31)17-12-21-10-7-6-8-11-21)27(32)28(33)30(26)19-18-29(2)3/h6-8,10-17,26,32H,4-5,9,18-20H2,1-3H3. The summed E-state index contributed by atoms with van der Waals surface area (Å²) < 4.78 is 5.81.